The summed E-state index contributed by atoms with van der Waals surface area (Å²) in [4.78, 5) is 19.2. The molecule has 0 aliphatic heterocycles. The quantitative estimate of drug-likeness (QED) is 0.557. The predicted octanol–water partition coefficient (Wildman–Crippen LogP) is 4.78. The maximum atomic E-state index is 13.2. The van der Waals surface area contributed by atoms with Crippen LogP contribution in [0, 0.1) is 5.82 Å². The van der Waals surface area contributed by atoms with Crippen molar-refractivity contribution in [3.05, 3.63) is 65.2 Å². The summed E-state index contributed by atoms with van der Waals surface area (Å²) in [6, 6.07) is 10.6. The molecule has 0 spiro atoms. The lowest BCUT2D eigenvalue weighted by molar-refractivity contribution is 0.601. The molecule has 1 aliphatic carbocycles. The molecular formula is C20H16FN5S. The van der Waals surface area contributed by atoms with Crippen molar-refractivity contribution < 1.29 is 4.39 Å². The van der Waals surface area contributed by atoms with Crippen LogP contribution in [0.4, 0.5) is 10.2 Å². The van der Waals surface area contributed by atoms with Gasteiger partial charge in [-0.2, -0.15) is 0 Å². The number of aryl methyl sites for hydroxylation is 1. The molecule has 0 saturated heterocycles. The highest BCUT2D eigenvalue weighted by Crippen LogP contribution is 2.39. The number of halogens is 1. The lowest BCUT2D eigenvalue weighted by Gasteiger charge is -2.22. The number of hydrogen-bond donors (Lipinski definition) is 1. The molecule has 134 valence electrons. The number of aromatic nitrogens is 4. The van der Waals surface area contributed by atoms with E-state index in [9.17, 15) is 4.39 Å². The zero-order valence-corrected chi connectivity index (χ0v) is 15.2. The first-order valence-corrected chi connectivity index (χ1v) is 9.68. The van der Waals surface area contributed by atoms with Gasteiger partial charge in [0.1, 0.15) is 22.2 Å². The molecule has 5 rings (SSSR count). The Morgan fingerprint density at radius 1 is 1.00 bits per heavy atom. The molecule has 0 radical (unpaired) electrons. The van der Waals surface area contributed by atoms with E-state index in [2.05, 4.69) is 20.3 Å². The Morgan fingerprint density at radius 2 is 1.85 bits per heavy atom. The number of anilines is 1. The number of benzene rings is 1. The molecule has 0 saturated carbocycles. The Labute approximate surface area is 159 Å². The lowest BCUT2D eigenvalue weighted by Crippen LogP contribution is -2.16. The molecular weight excluding hydrogens is 361 g/mol. The van der Waals surface area contributed by atoms with Crippen LogP contribution in [0.2, 0.25) is 0 Å². The fraction of sp³-hybridized carbons (Fsp3) is 0.200. The molecule has 3 aromatic heterocycles. The highest BCUT2D eigenvalue weighted by molar-refractivity contribution is 7.15. The average Bonchev–Trinajstić information content (AvgIpc) is 3.14. The van der Waals surface area contributed by atoms with Gasteiger partial charge in [-0.15, -0.1) is 11.3 Å². The predicted molar refractivity (Wildman–Crippen MR) is 104 cm³/mol. The summed E-state index contributed by atoms with van der Waals surface area (Å²) in [5.41, 5.74) is 3.50. The van der Waals surface area contributed by atoms with Crippen molar-refractivity contribution in [3.8, 4) is 10.6 Å². The van der Waals surface area contributed by atoms with Gasteiger partial charge in [0.2, 0.25) is 0 Å². The SMILES string of the molecule is Fc1ccc(-c2nc3c(s2)C(Nc2ccc4nccnc4n2)CCC3)cc1. The highest BCUT2D eigenvalue weighted by Gasteiger charge is 2.25. The van der Waals surface area contributed by atoms with Crippen LogP contribution in [0.1, 0.15) is 29.5 Å². The number of rotatable bonds is 3. The minimum absolute atomic E-state index is 0.169. The molecule has 0 fully saturated rings. The maximum Gasteiger partial charge on any atom is 0.180 e. The van der Waals surface area contributed by atoms with Gasteiger partial charge < -0.3 is 5.32 Å². The van der Waals surface area contributed by atoms with Crippen LogP contribution in [-0.4, -0.2) is 19.9 Å². The summed E-state index contributed by atoms with van der Waals surface area (Å²) in [6.45, 7) is 0. The highest BCUT2D eigenvalue weighted by atomic mass is 32.1. The number of pyridine rings is 1. The van der Waals surface area contributed by atoms with E-state index in [1.165, 1.54) is 17.0 Å². The van der Waals surface area contributed by atoms with Crippen LogP contribution in [0.5, 0.6) is 0 Å². The maximum absolute atomic E-state index is 13.2. The molecule has 0 bridgehead atoms. The first kappa shape index (κ1) is 16.3. The molecule has 1 unspecified atom stereocenters. The largest absolute Gasteiger partial charge is 0.362 e. The van der Waals surface area contributed by atoms with Gasteiger partial charge in [-0.25, -0.2) is 19.3 Å². The summed E-state index contributed by atoms with van der Waals surface area (Å²) in [6.07, 6.45) is 6.39. The fourth-order valence-corrected chi connectivity index (χ4v) is 4.59. The molecule has 4 aromatic rings. The fourth-order valence-electron chi connectivity index (χ4n) is 3.39. The second-order valence-corrected chi connectivity index (χ2v) is 7.55. The van der Waals surface area contributed by atoms with E-state index in [4.69, 9.17) is 4.98 Å². The summed E-state index contributed by atoms with van der Waals surface area (Å²) in [5, 5.41) is 4.47. The first-order valence-electron chi connectivity index (χ1n) is 8.86. The minimum Gasteiger partial charge on any atom is -0.362 e. The molecule has 27 heavy (non-hydrogen) atoms. The summed E-state index contributed by atoms with van der Waals surface area (Å²) in [5.74, 6) is 0.558. The van der Waals surface area contributed by atoms with Crippen molar-refractivity contribution in [1.82, 2.24) is 19.9 Å². The second kappa shape index (κ2) is 6.66. The van der Waals surface area contributed by atoms with E-state index in [1.807, 2.05) is 12.1 Å². The van der Waals surface area contributed by atoms with Crippen molar-refractivity contribution >= 4 is 28.3 Å². The van der Waals surface area contributed by atoms with E-state index < -0.39 is 0 Å². The van der Waals surface area contributed by atoms with Crippen molar-refractivity contribution in [3.63, 3.8) is 0 Å². The normalized spacial score (nSPS) is 16.3. The van der Waals surface area contributed by atoms with Gasteiger partial charge in [0.25, 0.3) is 0 Å². The smallest absolute Gasteiger partial charge is 0.180 e. The van der Waals surface area contributed by atoms with Gasteiger partial charge in [-0.1, -0.05) is 0 Å². The minimum atomic E-state index is -0.231. The molecule has 1 aromatic carbocycles. The van der Waals surface area contributed by atoms with Gasteiger partial charge in [0, 0.05) is 18.0 Å². The van der Waals surface area contributed by atoms with E-state index >= 15 is 0 Å². The zero-order valence-electron chi connectivity index (χ0n) is 14.4. The number of nitrogens with zero attached hydrogens (tertiary/aromatic N) is 4. The van der Waals surface area contributed by atoms with Crippen LogP contribution in [0.3, 0.4) is 0 Å². The van der Waals surface area contributed by atoms with Crippen molar-refractivity contribution in [2.45, 2.75) is 25.3 Å². The molecule has 5 nitrogen and oxygen atoms in total. The standard InChI is InChI=1S/C20H16FN5S/c21-13-6-4-12(5-7-13)20-25-15-3-1-2-14(18(15)27-20)24-17-9-8-16-19(26-17)23-11-10-22-16/h4-11,14H,1-3H2,(H,23,24,26). The lowest BCUT2D eigenvalue weighted by atomic mass is 9.98. The van der Waals surface area contributed by atoms with Crippen LogP contribution in [-0.2, 0) is 6.42 Å². The van der Waals surface area contributed by atoms with Gasteiger partial charge >= 0.3 is 0 Å². The number of fused-ring (bicyclic) bond motifs is 2. The zero-order chi connectivity index (χ0) is 18.2. The third-order valence-electron chi connectivity index (χ3n) is 4.70. The van der Waals surface area contributed by atoms with Crippen LogP contribution < -0.4 is 5.32 Å². The molecule has 1 atom stereocenters. The third kappa shape index (κ3) is 3.14. The Morgan fingerprint density at radius 3 is 2.74 bits per heavy atom. The molecule has 0 amide bonds. The monoisotopic (exact) mass is 377 g/mol. The van der Waals surface area contributed by atoms with Crippen molar-refractivity contribution in [2.24, 2.45) is 0 Å². The summed E-state index contributed by atoms with van der Waals surface area (Å²) < 4.78 is 13.2. The average molecular weight is 377 g/mol. The summed E-state index contributed by atoms with van der Waals surface area (Å²) in [7, 11) is 0. The van der Waals surface area contributed by atoms with Gasteiger partial charge in [0.05, 0.1) is 16.6 Å². The number of hydrogen-bond acceptors (Lipinski definition) is 6. The van der Waals surface area contributed by atoms with E-state index in [0.717, 1.165) is 46.9 Å². The second-order valence-electron chi connectivity index (χ2n) is 6.52. The van der Waals surface area contributed by atoms with Crippen LogP contribution in [0.25, 0.3) is 21.7 Å². The van der Waals surface area contributed by atoms with E-state index in [-0.39, 0.29) is 11.9 Å². The Kier molecular flexibility index (Phi) is 4.01. The van der Waals surface area contributed by atoms with Crippen LogP contribution >= 0.6 is 11.3 Å². The van der Waals surface area contributed by atoms with Gasteiger partial charge in [0.15, 0.2) is 5.65 Å². The van der Waals surface area contributed by atoms with Gasteiger partial charge in [-0.3, -0.25) is 4.98 Å². The molecule has 1 N–H and O–H groups in total. The molecule has 7 heteroatoms. The Bertz CT molecular complexity index is 1110. The van der Waals surface area contributed by atoms with Crippen molar-refractivity contribution in [1.29, 1.82) is 0 Å². The molecule has 3 heterocycles. The van der Waals surface area contributed by atoms with Gasteiger partial charge in [-0.05, 0) is 55.7 Å². The van der Waals surface area contributed by atoms with Crippen molar-refractivity contribution in [2.75, 3.05) is 5.32 Å². The Hall–Kier alpha value is -2.93. The number of nitrogens with one attached hydrogen (secondary N) is 1. The topological polar surface area (TPSA) is 63.6 Å². The van der Waals surface area contributed by atoms with E-state index in [1.54, 1.807) is 35.9 Å². The van der Waals surface area contributed by atoms with Crippen LogP contribution in [0.15, 0.2) is 48.8 Å². The third-order valence-corrected chi connectivity index (χ3v) is 5.96. The first-order chi connectivity index (χ1) is 13.3. The number of thiazole rings is 1. The van der Waals surface area contributed by atoms with E-state index in [0.29, 0.717) is 5.65 Å². The molecule has 1 aliphatic rings. The summed E-state index contributed by atoms with van der Waals surface area (Å²) >= 11 is 1.67. The Balaban J connectivity index is 1.45.